The van der Waals surface area contributed by atoms with Crippen molar-refractivity contribution < 1.29 is 19.5 Å². The molecule has 1 atom stereocenters. The van der Waals surface area contributed by atoms with Crippen molar-refractivity contribution in [1.29, 1.82) is 0 Å². The van der Waals surface area contributed by atoms with Crippen LogP contribution >= 0.6 is 39.9 Å². The third-order valence-corrected chi connectivity index (χ3v) is 5.77. The van der Waals surface area contributed by atoms with Gasteiger partial charge in [-0.05, 0) is 25.1 Å². The number of carbonyl (C=O) groups is 3. The molecule has 0 aromatic heterocycles. The maximum atomic E-state index is 12.7. The molecule has 1 saturated heterocycles. The number of carbonyl (C=O) groups excluding carboxylic acids is 2. The Morgan fingerprint density at radius 1 is 1.33 bits per heavy atom. The molecule has 124 valence electrons. The maximum absolute atomic E-state index is 12.7. The fourth-order valence-electron chi connectivity index (χ4n) is 2.59. The zero-order chi connectivity index (χ0) is 17.8. The van der Waals surface area contributed by atoms with Crippen LogP contribution in [0.3, 0.4) is 0 Å². The summed E-state index contributed by atoms with van der Waals surface area (Å²) in [7, 11) is 1.63. The van der Waals surface area contributed by atoms with E-state index < -0.39 is 17.9 Å². The van der Waals surface area contributed by atoms with Crippen molar-refractivity contribution in [3.8, 4) is 0 Å². The largest absolute Gasteiger partial charge is 0.480 e. The van der Waals surface area contributed by atoms with Crippen LogP contribution in [0.5, 0.6) is 0 Å². The molecule has 1 N–H and O–H groups in total. The Kier molecular flexibility index (Phi) is 4.27. The van der Waals surface area contributed by atoms with Gasteiger partial charge in [-0.2, -0.15) is 0 Å². The molecule has 0 bridgehead atoms. The van der Waals surface area contributed by atoms with E-state index in [9.17, 15) is 14.4 Å². The van der Waals surface area contributed by atoms with Crippen molar-refractivity contribution in [2.24, 2.45) is 0 Å². The summed E-state index contributed by atoms with van der Waals surface area (Å²) in [6.45, 7) is 1.38. The van der Waals surface area contributed by atoms with Gasteiger partial charge in [0.2, 0.25) is 0 Å². The Morgan fingerprint density at radius 2 is 2.00 bits per heavy atom. The van der Waals surface area contributed by atoms with Gasteiger partial charge >= 0.3 is 5.97 Å². The van der Waals surface area contributed by atoms with E-state index in [0.717, 1.165) is 21.1 Å². The zero-order valence-electron chi connectivity index (χ0n) is 12.6. The lowest BCUT2D eigenvalue weighted by molar-refractivity contribution is -0.144. The molecule has 2 aliphatic heterocycles. The Bertz CT molecular complexity index is 852. The molecule has 6 nitrogen and oxygen atoms in total. The number of hydrogen-bond donors (Lipinski definition) is 1. The minimum atomic E-state index is -1.16. The first-order valence-corrected chi connectivity index (χ1v) is 8.86. The first-order valence-electron chi connectivity index (χ1n) is 6.84. The van der Waals surface area contributed by atoms with E-state index in [1.54, 1.807) is 19.2 Å². The van der Waals surface area contributed by atoms with Crippen molar-refractivity contribution in [1.82, 2.24) is 4.90 Å². The van der Waals surface area contributed by atoms with Gasteiger partial charge in [-0.25, -0.2) is 4.79 Å². The highest BCUT2D eigenvalue weighted by Crippen LogP contribution is 2.45. The maximum Gasteiger partial charge on any atom is 0.326 e. The summed E-state index contributed by atoms with van der Waals surface area (Å²) in [6.07, 6.45) is 0. The van der Waals surface area contributed by atoms with Crippen LogP contribution in [0.2, 0.25) is 0 Å². The van der Waals surface area contributed by atoms with E-state index in [1.165, 1.54) is 11.8 Å². The highest BCUT2D eigenvalue weighted by molar-refractivity contribution is 9.10. The molecule has 0 radical (unpaired) electrons. The Labute approximate surface area is 155 Å². The van der Waals surface area contributed by atoms with Crippen molar-refractivity contribution in [3.63, 3.8) is 0 Å². The predicted octanol–water partition coefficient (Wildman–Crippen LogP) is 2.47. The molecule has 1 aromatic carbocycles. The lowest BCUT2D eigenvalue weighted by Crippen LogP contribution is -2.41. The van der Waals surface area contributed by atoms with Crippen LogP contribution in [-0.2, 0) is 14.4 Å². The molecule has 0 saturated carbocycles. The summed E-state index contributed by atoms with van der Waals surface area (Å²) in [4.78, 5) is 39.2. The molecule has 2 aliphatic rings. The number of amides is 2. The number of likely N-dealkylation sites (N-methyl/N-ethyl adjacent to an activating group) is 1. The molecule has 3 rings (SSSR count). The number of halogens is 1. The standard InChI is InChI=1S/C15H11BrN2O4S2/c1-6(14(21)22)18-13(20)11(24-15(18)23)10-8-5-7(16)3-4-9(8)17(2)12(10)19/h3-6H,1-2H3,(H,21,22). The molecule has 1 unspecified atom stereocenters. The molecule has 2 amide bonds. The highest BCUT2D eigenvalue weighted by atomic mass is 79.9. The third kappa shape index (κ3) is 2.47. The van der Waals surface area contributed by atoms with Crippen molar-refractivity contribution >= 4 is 73.3 Å². The van der Waals surface area contributed by atoms with Crippen LogP contribution < -0.4 is 4.90 Å². The minimum Gasteiger partial charge on any atom is -0.480 e. The lowest BCUT2D eigenvalue weighted by Gasteiger charge is -2.18. The second-order valence-corrected chi connectivity index (χ2v) is 7.85. The summed E-state index contributed by atoms with van der Waals surface area (Å²) >= 11 is 9.48. The number of nitrogens with zero attached hydrogens (tertiary/aromatic N) is 2. The molecule has 0 aliphatic carbocycles. The van der Waals surface area contributed by atoms with Crippen LogP contribution in [0.1, 0.15) is 12.5 Å². The third-order valence-electron chi connectivity index (χ3n) is 3.88. The number of thioether (sulfide) groups is 1. The van der Waals surface area contributed by atoms with Crippen LogP contribution in [0.25, 0.3) is 5.57 Å². The Morgan fingerprint density at radius 3 is 2.62 bits per heavy atom. The van der Waals surface area contributed by atoms with Gasteiger partial charge in [0.05, 0.1) is 16.2 Å². The number of hydrogen-bond acceptors (Lipinski definition) is 5. The number of thiocarbonyl (C=S) groups is 1. The molecule has 1 fully saturated rings. The normalized spacial score (nSPS) is 21.5. The zero-order valence-corrected chi connectivity index (χ0v) is 15.8. The van der Waals surface area contributed by atoms with Gasteiger partial charge in [0.15, 0.2) is 0 Å². The van der Waals surface area contributed by atoms with Gasteiger partial charge in [0.1, 0.15) is 10.4 Å². The molecule has 9 heteroatoms. The monoisotopic (exact) mass is 426 g/mol. The van der Waals surface area contributed by atoms with E-state index in [2.05, 4.69) is 15.9 Å². The molecule has 24 heavy (non-hydrogen) atoms. The summed E-state index contributed by atoms with van der Waals surface area (Å²) in [5.74, 6) is -2.02. The van der Waals surface area contributed by atoms with E-state index in [-0.39, 0.29) is 20.7 Å². The SMILES string of the molecule is CC(C(=O)O)N1C(=O)C(=C2C(=O)N(C)c3ccc(Br)cc32)SC1=S. The first kappa shape index (κ1) is 17.1. The van der Waals surface area contributed by atoms with Crippen molar-refractivity contribution in [3.05, 3.63) is 33.1 Å². The van der Waals surface area contributed by atoms with Crippen LogP contribution in [-0.4, -0.2) is 45.2 Å². The smallest absolute Gasteiger partial charge is 0.326 e. The number of benzene rings is 1. The number of anilines is 1. The number of fused-ring (bicyclic) bond motifs is 1. The minimum absolute atomic E-state index is 0.135. The van der Waals surface area contributed by atoms with E-state index in [1.807, 2.05) is 6.07 Å². The van der Waals surface area contributed by atoms with Gasteiger partial charge in [-0.15, -0.1) is 0 Å². The van der Waals surface area contributed by atoms with Gasteiger partial charge in [-0.3, -0.25) is 14.5 Å². The topological polar surface area (TPSA) is 77.9 Å². The number of carboxylic acid groups (broad SMARTS) is 1. The number of rotatable bonds is 2. The highest BCUT2D eigenvalue weighted by Gasteiger charge is 2.43. The molecule has 0 spiro atoms. The summed E-state index contributed by atoms with van der Waals surface area (Å²) in [5.41, 5.74) is 1.57. The van der Waals surface area contributed by atoms with Crippen LogP contribution in [0.15, 0.2) is 27.6 Å². The van der Waals surface area contributed by atoms with Crippen LogP contribution in [0.4, 0.5) is 5.69 Å². The molecule has 2 heterocycles. The van der Waals surface area contributed by atoms with Crippen molar-refractivity contribution in [2.45, 2.75) is 13.0 Å². The quantitative estimate of drug-likeness (QED) is 0.577. The number of carboxylic acids is 1. The van der Waals surface area contributed by atoms with Gasteiger partial charge in [-0.1, -0.05) is 39.9 Å². The molecule has 1 aromatic rings. The fraction of sp³-hybridized carbons (Fsp3) is 0.200. The molecular weight excluding hydrogens is 416 g/mol. The van der Waals surface area contributed by atoms with Gasteiger partial charge in [0.25, 0.3) is 11.8 Å². The average Bonchev–Trinajstić information content (AvgIpc) is 2.93. The lowest BCUT2D eigenvalue weighted by atomic mass is 10.1. The number of aliphatic carboxylic acids is 1. The second-order valence-electron chi connectivity index (χ2n) is 5.29. The Balaban J connectivity index is 2.16. The second kappa shape index (κ2) is 5.98. The predicted molar refractivity (Wildman–Crippen MR) is 98.6 cm³/mol. The first-order chi connectivity index (χ1) is 11.2. The summed E-state index contributed by atoms with van der Waals surface area (Å²) in [6, 6.07) is 4.26. The van der Waals surface area contributed by atoms with Crippen LogP contribution in [0, 0.1) is 0 Å². The summed E-state index contributed by atoms with van der Waals surface area (Å²) < 4.78 is 0.910. The van der Waals surface area contributed by atoms with E-state index >= 15 is 0 Å². The summed E-state index contributed by atoms with van der Waals surface area (Å²) in [5, 5.41) is 9.16. The van der Waals surface area contributed by atoms with Gasteiger partial charge < -0.3 is 10.0 Å². The van der Waals surface area contributed by atoms with E-state index in [0.29, 0.717) is 11.3 Å². The van der Waals surface area contributed by atoms with Crippen molar-refractivity contribution in [2.75, 3.05) is 11.9 Å². The van der Waals surface area contributed by atoms with Gasteiger partial charge in [0, 0.05) is 17.1 Å². The van der Waals surface area contributed by atoms with E-state index in [4.69, 9.17) is 17.3 Å². The molecular formula is C15H11BrN2O4S2. The Hall–Kier alpha value is -1.71. The fourth-order valence-corrected chi connectivity index (χ4v) is 4.44. The average molecular weight is 427 g/mol.